The van der Waals surface area contributed by atoms with Crippen LogP contribution in [0.15, 0.2) is 29.6 Å². The van der Waals surface area contributed by atoms with Gasteiger partial charge in [0.1, 0.15) is 6.04 Å². The number of hydroxylamine groups is 1. The lowest BCUT2D eigenvalue weighted by molar-refractivity contribution is -0.179. The summed E-state index contributed by atoms with van der Waals surface area (Å²) in [5.74, 6) is -0.829. The number of urea groups is 1. The van der Waals surface area contributed by atoms with Crippen LogP contribution in [0.5, 0.6) is 0 Å². The van der Waals surface area contributed by atoms with Crippen molar-refractivity contribution in [3.8, 4) is 0 Å². The van der Waals surface area contributed by atoms with E-state index in [0.717, 1.165) is 15.6 Å². The predicted molar refractivity (Wildman–Crippen MR) is 135 cm³/mol. The standard InChI is InChI=1S/C24H36N4O6S/c1-6-25-24(31)27-34-14-21(29)26-16(4)22(30)28(17(5)23(32-7-2)33-8-3)13-18-15-35-20-12-10-9-11-19(18)20/h9-12,15-17,23H,6-8,13-14H2,1-5H3,(H,26,29)(H2,25,27,31). The Morgan fingerprint density at radius 2 is 1.74 bits per heavy atom. The normalized spacial score (nSPS) is 12.9. The molecule has 1 heterocycles. The number of benzene rings is 1. The van der Waals surface area contributed by atoms with Crippen LogP contribution in [0.3, 0.4) is 0 Å². The van der Waals surface area contributed by atoms with Crippen molar-refractivity contribution in [2.75, 3.05) is 26.4 Å². The Morgan fingerprint density at radius 3 is 2.40 bits per heavy atom. The second kappa shape index (κ2) is 14.6. The van der Waals surface area contributed by atoms with Crippen molar-refractivity contribution in [2.24, 2.45) is 0 Å². The van der Waals surface area contributed by atoms with Crippen LogP contribution in [0.4, 0.5) is 4.79 Å². The Bertz CT molecular complexity index is 962. The quantitative estimate of drug-likeness (QED) is 0.267. The summed E-state index contributed by atoms with van der Waals surface area (Å²) in [5, 5.41) is 8.23. The molecule has 11 heteroatoms. The summed E-state index contributed by atoms with van der Waals surface area (Å²) in [7, 11) is 0. The second-order valence-corrected chi connectivity index (χ2v) is 8.69. The minimum Gasteiger partial charge on any atom is -0.351 e. The van der Waals surface area contributed by atoms with Crippen molar-refractivity contribution >= 4 is 39.3 Å². The van der Waals surface area contributed by atoms with Crippen LogP contribution in [0.2, 0.25) is 0 Å². The van der Waals surface area contributed by atoms with E-state index in [0.29, 0.717) is 26.3 Å². The zero-order chi connectivity index (χ0) is 25.8. The fourth-order valence-corrected chi connectivity index (χ4v) is 4.47. The fraction of sp³-hybridized carbons (Fsp3) is 0.542. The monoisotopic (exact) mass is 508 g/mol. The van der Waals surface area contributed by atoms with Gasteiger partial charge in [-0.1, -0.05) is 18.2 Å². The van der Waals surface area contributed by atoms with Gasteiger partial charge in [0.25, 0.3) is 0 Å². The average Bonchev–Trinajstić information content (AvgIpc) is 3.24. The zero-order valence-corrected chi connectivity index (χ0v) is 21.8. The molecule has 1 aromatic carbocycles. The SMILES string of the molecule is CCNC(=O)NOCC(=O)NC(C)C(=O)N(Cc1csc2ccccc12)C(C)C(OCC)OCC. The van der Waals surface area contributed by atoms with Crippen molar-refractivity contribution in [3.63, 3.8) is 0 Å². The lowest BCUT2D eigenvalue weighted by Crippen LogP contribution is -2.54. The molecule has 0 saturated carbocycles. The van der Waals surface area contributed by atoms with Crippen LogP contribution >= 0.6 is 11.3 Å². The number of amides is 4. The maximum Gasteiger partial charge on any atom is 0.338 e. The molecule has 3 N–H and O–H groups in total. The van der Waals surface area contributed by atoms with E-state index in [2.05, 4.69) is 16.1 Å². The lowest BCUT2D eigenvalue weighted by Gasteiger charge is -2.35. The van der Waals surface area contributed by atoms with Crippen LogP contribution < -0.4 is 16.1 Å². The van der Waals surface area contributed by atoms with Gasteiger partial charge in [0.15, 0.2) is 12.9 Å². The van der Waals surface area contributed by atoms with E-state index in [1.165, 1.54) is 0 Å². The smallest absolute Gasteiger partial charge is 0.338 e. The van der Waals surface area contributed by atoms with Crippen molar-refractivity contribution in [1.82, 2.24) is 21.0 Å². The van der Waals surface area contributed by atoms with Gasteiger partial charge in [-0.2, -0.15) is 0 Å². The summed E-state index contributed by atoms with van der Waals surface area (Å²) in [6.45, 7) is 10.2. The van der Waals surface area contributed by atoms with E-state index < -0.39 is 36.9 Å². The molecule has 0 aliphatic carbocycles. The zero-order valence-electron chi connectivity index (χ0n) is 21.0. The first-order valence-electron chi connectivity index (χ1n) is 11.8. The molecule has 2 unspecified atom stereocenters. The molecular weight excluding hydrogens is 472 g/mol. The summed E-state index contributed by atoms with van der Waals surface area (Å²) >= 11 is 1.62. The molecule has 0 spiro atoms. The van der Waals surface area contributed by atoms with Crippen LogP contribution in [-0.4, -0.2) is 67.5 Å². The topological polar surface area (TPSA) is 118 Å². The van der Waals surface area contributed by atoms with Gasteiger partial charge in [-0.15, -0.1) is 11.3 Å². The van der Waals surface area contributed by atoms with Crippen molar-refractivity contribution in [2.45, 2.75) is 59.5 Å². The summed E-state index contributed by atoms with van der Waals surface area (Å²) in [6, 6.07) is 6.21. The third-order valence-electron chi connectivity index (χ3n) is 5.19. The molecule has 0 bridgehead atoms. The summed E-state index contributed by atoms with van der Waals surface area (Å²) in [5.41, 5.74) is 3.11. The maximum atomic E-state index is 13.5. The molecule has 2 rings (SSSR count). The summed E-state index contributed by atoms with van der Waals surface area (Å²) in [4.78, 5) is 43.8. The molecule has 0 radical (unpaired) electrons. The minimum atomic E-state index is -0.841. The fourth-order valence-electron chi connectivity index (χ4n) is 3.52. The third-order valence-corrected chi connectivity index (χ3v) is 6.20. The number of fused-ring (bicyclic) bond motifs is 1. The Kier molecular flexibility index (Phi) is 11.9. The van der Waals surface area contributed by atoms with Crippen LogP contribution in [-0.2, 0) is 30.4 Å². The second-order valence-electron chi connectivity index (χ2n) is 7.78. The first kappa shape index (κ1) is 28.5. The number of carbonyl (C=O) groups is 3. The van der Waals surface area contributed by atoms with E-state index in [9.17, 15) is 14.4 Å². The number of hydrogen-bond donors (Lipinski definition) is 3. The Labute approximate surface area is 210 Å². The largest absolute Gasteiger partial charge is 0.351 e. The number of nitrogens with zero attached hydrogens (tertiary/aromatic N) is 1. The number of ether oxygens (including phenoxy) is 2. The number of nitrogens with one attached hydrogen (secondary N) is 3. The Hall–Kier alpha value is -2.73. The molecule has 0 fully saturated rings. The first-order chi connectivity index (χ1) is 16.8. The molecule has 2 aromatic rings. The van der Waals surface area contributed by atoms with E-state index in [4.69, 9.17) is 14.3 Å². The van der Waals surface area contributed by atoms with Gasteiger partial charge < -0.3 is 25.0 Å². The lowest BCUT2D eigenvalue weighted by atomic mass is 10.1. The van der Waals surface area contributed by atoms with Crippen LogP contribution in [0.1, 0.15) is 40.2 Å². The van der Waals surface area contributed by atoms with Gasteiger partial charge in [-0.3, -0.25) is 14.4 Å². The van der Waals surface area contributed by atoms with Crippen LogP contribution in [0, 0.1) is 0 Å². The highest BCUT2D eigenvalue weighted by molar-refractivity contribution is 7.17. The van der Waals surface area contributed by atoms with E-state index >= 15 is 0 Å². The molecular formula is C24H36N4O6S. The van der Waals surface area contributed by atoms with Gasteiger partial charge in [0.05, 0.1) is 6.04 Å². The number of thiophene rings is 1. The third kappa shape index (κ3) is 8.46. The van der Waals surface area contributed by atoms with Gasteiger partial charge in [0, 0.05) is 31.0 Å². The molecule has 0 aliphatic heterocycles. The Morgan fingerprint density at radius 1 is 1.06 bits per heavy atom. The minimum absolute atomic E-state index is 0.290. The molecule has 4 amide bonds. The van der Waals surface area contributed by atoms with Crippen molar-refractivity contribution in [1.29, 1.82) is 0 Å². The highest BCUT2D eigenvalue weighted by atomic mass is 32.1. The van der Waals surface area contributed by atoms with E-state index in [-0.39, 0.29) is 5.91 Å². The molecule has 35 heavy (non-hydrogen) atoms. The maximum absolute atomic E-state index is 13.5. The van der Waals surface area contributed by atoms with E-state index in [1.54, 1.807) is 30.1 Å². The predicted octanol–water partition coefficient (Wildman–Crippen LogP) is 2.77. The number of carbonyl (C=O) groups excluding carboxylic acids is 3. The van der Waals surface area contributed by atoms with Crippen molar-refractivity contribution in [3.05, 3.63) is 35.2 Å². The van der Waals surface area contributed by atoms with Crippen molar-refractivity contribution < 1.29 is 28.7 Å². The molecule has 0 saturated heterocycles. The number of rotatable bonds is 14. The first-order valence-corrected chi connectivity index (χ1v) is 12.6. The molecule has 10 nitrogen and oxygen atoms in total. The molecule has 194 valence electrons. The highest BCUT2D eigenvalue weighted by Crippen LogP contribution is 2.28. The van der Waals surface area contributed by atoms with Gasteiger partial charge >= 0.3 is 6.03 Å². The highest BCUT2D eigenvalue weighted by Gasteiger charge is 2.32. The molecule has 1 aromatic heterocycles. The summed E-state index contributed by atoms with van der Waals surface area (Å²) in [6.07, 6.45) is -0.619. The summed E-state index contributed by atoms with van der Waals surface area (Å²) < 4.78 is 12.7. The Balaban J connectivity index is 2.15. The number of hydrogen-bond acceptors (Lipinski definition) is 7. The average molecular weight is 509 g/mol. The van der Waals surface area contributed by atoms with E-state index in [1.807, 2.05) is 50.4 Å². The van der Waals surface area contributed by atoms with Gasteiger partial charge in [-0.25, -0.2) is 10.3 Å². The molecule has 0 aliphatic rings. The van der Waals surface area contributed by atoms with Gasteiger partial charge in [-0.05, 0) is 57.0 Å². The van der Waals surface area contributed by atoms with Gasteiger partial charge in [0.2, 0.25) is 11.8 Å². The van der Waals surface area contributed by atoms with Crippen LogP contribution in [0.25, 0.3) is 10.1 Å². The molecule has 2 atom stereocenters.